The Kier molecular flexibility index (Phi) is 6.03. The van der Waals surface area contributed by atoms with Crippen LogP contribution in [0.3, 0.4) is 0 Å². The molecule has 0 aromatic carbocycles. The Bertz CT molecular complexity index is 439. The van der Waals surface area contributed by atoms with E-state index in [0.717, 1.165) is 24.5 Å². The standard InChI is InChI=1S/C17H28ClN3/c1-4-21(5-2)17(9-6-7-10-17)16(19-3)12-14-8-11-20-13-15(14)18/h8,11,13,16,19H,4-7,9-10,12H2,1-3H3. The quantitative estimate of drug-likeness (QED) is 0.835. The monoisotopic (exact) mass is 309 g/mol. The Balaban J connectivity index is 2.26. The Hall–Kier alpha value is -0.640. The second-order valence-corrected chi connectivity index (χ2v) is 6.40. The van der Waals surface area contributed by atoms with Crippen LogP contribution in [0.5, 0.6) is 0 Å². The number of hydrogen-bond acceptors (Lipinski definition) is 3. The molecule has 1 fully saturated rings. The molecule has 0 amide bonds. The third-order valence-corrected chi connectivity index (χ3v) is 5.48. The molecule has 0 spiro atoms. The van der Waals surface area contributed by atoms with E-state index in [2.05, 4.69) is 42.2 Å². The molecule has 0 saturated heterocycles. The summed E-state index contributed by atoms with van der Waals surface area (Å²) >= 11 is 6.32. The van der Waals surface area contributed by atoms with E-state index in [4.69, 9.17) is 11.6 Å². The van der Waals surface area contributed by atoms with Crippen molar-refractivity contribution in [1.82, 2.24) is 15.2 Å². The lowest BCUT2D eigenvalue weighted by Gasteiger charge is -2.46. The summed E-state index contributed by atoms with van der Waals surface area (Å²) in [6, 6.07) is 2.48. The molecule has 1 unspecified atom stereocenters. The number of nitrogens with one attached hydrogen (secondary N) is 1. The molecule has 1 aliphatic rings. The molecule has 0 radical (unpaired) electrons. The van der Waals surface area contributed by atoms with Gasteiger partial charge in [-0.15, -0.1) is 0 Å². The molecule has 3 nitrogen and oxygen atoms in total. The Morgan fingerprint density at radius 2 is 2.00 bits per heavy atom. The van der Waals surface area contributed by atoms with E-state index >= 15 is 0 Å². The maximum atomic E-state index is 6.32. The van der Waals surface area contributed by atoms with Crippen molar-refractivity contribution in [3.05, 3.63) is 29.0 Å². The third kappa shape index (κ3) is 3.41. The van der Waals surface area contributed by atoms with Crippen LogP contribution in [-0.2, 0) is 6.42 Å². The highest BCUT2D eigenvalue weighted by atomic mass is 35.5. The summed E-state index contributed by atoms with van der Waals surface area (Å²) in [7, 11) is 2.09. The number of nitrogens with zero attached hydrogens (tertiary/aromatic N) is 2. The van der Waals surface area contributed by atoms with Gasteiger partial charge < -0.3 is 5.32 Å². The van der Waals surface area contributed by atoms with Gasteiger partial charge in [0.15, 0.2) is 0 Å². The van der Waals surface area contributed by atoms with Gasteiger partial charge in [0.1, 0.15) is 0 Å². The van der Waals surface area contributed by atoms with Crippen molar-refractivity contribution in [3.8, 4) is 0 Å². The zero-order chi connectivity index (χ0) is 15.3. The summed E-state index contributed by atoms with van der Waals surface area (Å²) in [5, 5.41) is 4.37. The summed E-state index contributed by atoms with van der Waals surface area (Å²) in [5.74, 6) is 0. The molecular weight excluding hydrogens is 282 g/mol. The molecule has 4 heteroatoms. The van der Waals surface area contributed by atoms with Gasteiger partial charge in [0, 0.05) is 24.0 Å². The topological polar surface area (TPSA) is 28.2 Å². The minimum Gasteiger partial charge on any atom is -0.315 e. The molecule has 1 aromatic heterocycles. The van der Waals surface area contributed by atoms with Crippen molar-refractivity contribution in [1.29, 1.82) is 0 Å². The lowest BCUT2D eigenvalue weighted by atomic mass is 9.82. The van der Waals surface area contributed by atoms with E-state index in [1.54, 1.807) is 6.20 Å². The second-order valence-electron chi connectivity index (χ2n) is 6.00. The number of hydrogen-bond donors (Lipinski definition) is 1. The predicted octanol–water partition coefficient (Wildman–Crippen LogP) is 3.52. The molecule has 1 atom stereocenters. The van der Waals surface area contributed by atoms with Gasteiger partial charge in [0.25, 0.3) is 0 Å². The number of aromatic nitrogens is 1. The van der Waals surface area contributed by atoms with Gasteiger partial charge in [-0.2, -0.15) is 0 Å². The van der Waals surface area contributed by atoms with Crippen molar-refractivity contribution in [2.45, 2.75) is 57.5 Å². The van der Waals surface area contributed by atoms with Gasteiger partial charge in [0.2, 0.25) is 0 Å². The molecule has 1 aromatic rings. The zero-order valence-corrected chi connectivity index (χ0v) is 14.3. The molecule has 0 aliphatic heterocycles. The molecule has 2 rings (SSSR count). The van der Waals surface area contributed by atoms with Gasteiger partial charge in [-0.25, -0.2) is 0 Å². The van der Waals surface area contributed by atoms with E-state index in [1.807, 2.05) is 6.20 Å². The molecular formula is C17H28ClN3. The predicted molar refractivity (Wildman–Crippen MR) is 89.9 cm³/mol. The van der Waals surface area contributed by atoms with Crippen LogP contribution in [0.25, 0.3) is 0 Å². The van der Waals surface area contributed by atoms with E-state index < -0.39 is 0 Å². The highest BCUT2D eigenvalue weighted by Crippen LogP contribution is 2.39. The number of likely N-dealkylation sites (N-methyl/N-ethyl adjacent to an activating group) is 2. The first kappa shape index (κ1) is 16.7. The minimum absolute atomic E-state index is 0.269. The summed E-state index contributed by atoms with van der Waals surface area (Å²) in [6.45, 7) is 6.77. The van der Waals surface area contributed by atoms with Crippen LogP contribution in [0.1, 0.15) is 45.1 Å². The fourth-order valence-corrected chi connectivity index (χ4v) is 4.27. The Morgan fingerprint density at radius 1 is 1.33 bits per heavy atom. The maximum absolute atomic E-state index is 6.32. The summed E-state index contributed by atoms with van der Waals surface area (Å²) in [5.41, 5.74) is 1.47. The molecule has 1 saturated carbocycles. The molecule has 1 heterocycles. The molecule has 1 aliphatic carbocycles. The highest BCUT2D eigenvalue weighted by molar-refractivity contribution is 6.31. The highest BCUT2D eigenvalue weighted by Gasteiger charge is 2.44. The van der Waals surface area contributed by atoms with Gasteiger partial charge in [-0.3, -0.25) is 9.88 Å². The van der Waals surface area contributed by atoms with Crippen LogP contribution in [0.2, 0.25) is 5.02 Å². The Labute approximate surface area is 134 Å². The van der Waals surface area contributed by atoms with E-state index in [1.165, 1.54) is 31.2 Å². The van der Waals surface area contributed by atoms with Crippen LogP contribution in [0.4, 0.5) is 0 Å². The fraction of sp³-hybridized carbons (Fsp3) is 0.706. The van der Waals surface area contributed by atoms with Gasteiger partial charge in [-0.1, -0.05) is 38.3 Å². The normalized spacial score (nSPS) is 19.1. The molecule has 118 valence electrons. The van der Waals surface area contributed by atoms with E-state index in [0.29, 0.717) is 6.04 Å². The lowest BCUT2D eigenvalue weighted by Crippen LogP contribution is -2.60. The van der Waals surface area contributed by atoms with Crippen LogP contribution in [0.15, 0.2) is 18.5 Å². The van der Waals surface area contributed by atoms with Crippen molar-refractivity contribution in [2.24, 2.45) is 0 Å². The van der Waals surface area contributed by atoms with Crippen molar-refractivity contribution in [3.63, 3.8) is 0 Å². The number of pyridine rings is 1. The molecule has 0 bridgehead atoms. The molecule has 1 N–H and O–H groups in total. The van der Waals surface area contributed by atoms with Crippen LogP contribution in [0, 0.1) is 0 Å². The molecule has 21 heavy (non-hydrogen) atoms. The van der Waals surface area contributed by atoms with Crippen molar-refractivity contribution in [2.75, 3.05) is 20.1 Å². The SMILES string of the molecule is CCN(CC)C1(C(Cc2ccncc2Cl)NC)CCCC1. The average molecular weight is 310 g/mol. The van der Waals surface area contributed by atoms with Crippen LogP contribution >= 0.6 is 11.6 Å². The maximum Gasteiger partial charge on any atom is 0.0621 e. The summed E-state index contributed by atoms with van der Waals surface area (Å²) in [4.78, 5) is 6.75. The smallest absolute Gasteiger partial charge is 0.0621 e. The zero-order valence-electron chi connectivity index (χ0n) is 13.5. The summed E-state index contributed by atoms with van der Waals surface area (Å²) in [6.07, 6.45) is 9.78. The first-order valence-electron chi connectivity index (χ1n) is 8.18. The van der Waals surface area contributed by atoms with Crippen molar-refractivity contribution < 1.29 is 0 Å². The average Bonchev–Trinajstić information content (AvgIpc) is 2.98. The Morgan fingerprint density at radius 3 is 2.52 bits per heavy atom. The number of halogens is 1. The first-order valence-corrected chi connectivity index (χ1v) is 8.56. The van der Waals surface area contributed by atoms with E-state index in [-0.39, 0.29) is 5.54 Å². The lowest BCUT2D eigenvalue weighted by molar-refractivity contribution is 0.0658. The second kappa shape index (κ2) is 7.57. The van der Waals surface area contributed by atoms with Gasteiger partial charge in [0.05, 0.1) is 5.02 Å². The van der Waals surface area contributed by atoms with Crippen molar-refractivity contribution >= 4 is 11.6 Å². The minimum atomic E-state index is 0.269. The van der Waals surface area contributed by atoms with Crippen LogP contribution < -0.4 is 5.32 Å². The number of rotatable bonds is 7. The third-order valence-electron chi connectivity index (χ3n) is 5.14. The fourth-order valence-electron chi connectivity index (χ4n) is 4.08. The first-order chi connectivity index (χ1) is 10.2. The van der Waals surface area contributed by atoms with Gasteiger partial charge in [-0.05, 0) is 51.0 Å². The van der Waals surface area contributed by atoms with Gasteiger partial charge >= 0.3 is 0 Å². The van der Waals surface area contributed by atoms with Crippen LogP contribution in [-0.4, -0.2) is 41.6 Å². The van der Waals surface area contributed by atoms with E-state index in [9.17, 15) is 0 Å². The largest absolute Gasteiger partial charge is 0.315 e. The summed E-state index contributed by atoms with van der Waals surface area (Å²) < 4.78 is 0.